The van der Waals surface area contributed by atoms with E-state index in [9.17, 15) is 14.4 Å². The minimum atomic E-state index is -0.822. The number of unbranched alkanes of at least 4 members (excludes halogenated alkanes) is 15. The summed E-state index contributed by atoms with van der Waals surface area (Å²) in [5, 5.41) is 0. The molecule has 0 N–H and O–H groups in total. The maximum Gasteiger partial charge on any atom is 0.306 e. The van der Waals surface area contributed by atoms with Gasteiger partial charge in [-0.1, -0.05) is 249 Å². The van der Waals surface area contributed by atoms with Crippen molar-refractivity contribution in [2.75, 3.05) is 13.2 Å². The molecule has 0 aromatic rings. The van der Waals surface area contributed by atoms with Crippen LogP contribution in [0.4, 0.5) is 0 Å². The van der Waals surface area contributed by atoms with Crippen LogP contribution in [0.3, 0.4) is 0 Å². The zero-order chi connectivity index (χ0) is 54.3. The molecule has 0 heterocycles. The third kappa shape index (κ3) is 59.8. The summed E-state index contributed by atoms with van der Waals surface area (Å²) in [7, 11) is 0. The Kier molecular flexibility index (Phi) is 57.5. The molecule has 0 aromatic carbocycles. The molecule has 0 aliphatic carbocycles. The molecule has 6 heteroatoms. The van der Waals surface area contributed by atoms with Crippen molar-refractivity contribution < 1.29 is 28.6 Å². The molecule has 0 aliphatic rings. The maximum atomic E-state index is 12.9. The number of esters is 3. The average Bonchev–Trinajstić information content (AvgIpc) is 3.41. The van der Waals surface area contributed by atoms with Crippen LogP contribution in [0.25, 0.3) is 0 Å². The van der Waals surface area contributed by atoms with Crippen molar-refractivity contribution in [2.45, 2.75) is 245 Å². The monoisotopic (exact) mass is 1030 g/mol. The van der Waals surface area contributed by atoms with Crippen molar-refractivity contribution in [1.82, 2.24) is 0 Å². The van der Waals surface area contributed by atoms with Crippen LogP contribution < -0.4 is 0 Å². The van der Waals surface area contributed by atoms with Gasteiger partial charge in [0.05, 0.1) is 0 Å². The van der Waals surface area contributed by atoms with Crippen LogP contribution in [0.2, 0.25) is 0 Å². The molecule has 420 valence electrons. The highest BCUT2D eigenvalue weighted by atomic mass is 16.6. The molecule has 0 fully saturated rings. The average molecular weight is 1030 g/mol. The van der Waals surface area contributed by atoms with Crippen LogP contribution in [0.15, 0.2) is 158 Å². The Morgan fingerprint density at radius 3 is 0.840 bits per heavy atom. The molecular formula is C69H108O6. The summed E-state index contributed by atoms with van der Waals surface area (Å²) in [4.78, 5) is 38.2. The van der Waals surface area contributed by atoms with Crippen LogP contribution in [-0.2, 0) is 28.6 Å². The second-order valence-electron chi connectivity index (χ2n) is 19.1. The molecule has 6 nitrogen and oxygen atoms in total. The second kappa shape index (κ2) is 61.6. The van der Waals surface area contributed by atoms with Gasteiger partial charge in [0.25, 0.3) is 0 Å². The number of carbonyl (C=O) groups is 3. The molecule has 1 atom stereocenters. The molecule has 0 radical (unpaired) electrons. The van der Waals surface area contributed by atoms with E-state index in [-0.39, 0.29) is 37.5 Å². The highest BCUT2D eigenvalue weighted by Gasteiger charge is 2.19. The molecule has 0 saturated carbocycles. The van der Waals surface area contributed by atoms with E-state index in [0.29, 0.717) is 19.3 Å². The van der Waals surface area contributed by atoms with Crippen molar-refractivity contribution in [2.24, 2.45) is 0 Å². The van der Waals surface area contributed by atoms with Crippen LogP contribution in [0.5, 0.6) is 0 Å². The second-order valence-corrected chi connectivity index (χ2v) is 19.1. The lowest BCUT2D eigenvalue weighted by Gasteiger charge is -2.18. The highest BCUT2D eigenvalue weighted by molar-refractivity contribution is 5.71. The predicted octanol–water partition coefficient (Wildman–Crippen LogP) is 20.5. The lowest BCUT2D eigenvalue weighted by molar-refractivity contribution is -0.167. The molecule has 0 rings (SSSR count). The number of ether oxygens (including phenoxy) is 3. The minimum absolute atomic E-state index is 0.112. The van der Waals surface area contributed by atoms with Gasteiger partial charge in [-0.05, 0) is 128 Å². The van der Waals surface area contributed by atoms with Gasteiger partial charge in [0.2, 0.25) is 0 Å². The van der Waals surface area contributed by atoms with E-state index in [4.69, 9.17) is 14.2 Å². The lowest BCUT2D eigenvalue weighted by atomic mass is 10.1. The standard InChI is InChI=1S/C69H108O6/c1-4-7-10-13-16-19-22-24-26-28-30-32-33-34-35-37-38-40-42-44-47-50-53-56-59-62-68(71)74-65-66(64-73-67(70)61-58-55-52-49-46-21-18-15-12-9-6-3)75-69(72)63-60-57-54-51-48-45-43-41-39-36-31-29-27-25-23-20-17-14-11-8-5-2/h7-8,10-11,16-17,19-20,24-27,30-32,34-36,38,40-41,43-44,47-48,51,66H,4-6,9,12-15,18,21-23,28-29,33,37,39,42,45-46,49-50,52-65H2,1-3H3/b10-7-,11-8-,19-16-,20-17-,26-24-,27-25-,32-30-,35-34-,36-31-,40-38-,43-41-,47-44-,51-48-. The zero-order valence-electron chi connectivity index (χ0n) is 48.0. The molecule has 0 aliphatic heterocycles. The van der Waals surface area contributed by atoms with Crippen LogP contribution in [-0.4, -0.2) is 37.2 Å². The Morgan fingerprint density at radius 1 is 0.280 bits per heavy atom. The normalized spacial score (nSPS) is 13.3. The van der Waals surface area contributed by atoms with Gasteiger partial charge in [-0.3, -0.25) is 14.4 Å². The Bertz CT molecular complexity index is 1710. The van der Waals surface area contributed by atoms with Crippen LogP contribution in [0.1, 0.15) is 239 Å². The van der Waals surface area contributed by atoms with Crippen molar-refractivity contribution in [1.29, 1.82) is 0 Å². The Balaban J connectivity index is 4.50. The molecule has 0 amide bonds. The van der Waals surface area contributed by atoms with Gasteiger partial charge >= 0.3 is 17.9 Å². The largest absolute Gasteiger partial charge is 0.462 e. The van der Waals surface area contributed by atoms with E-state index in [0.717, 1.165) is 141 Å². The Hall–Kier alpha value is -4.97. The van der Waals surface area contributed by atoms with E-state index in [2.05, 4.69) is 179 Å². The quantitative estimate of drug-likeness (QED) is 0.0261. The summed E-state index contributed by atoms with van der Waals surface area (Å²) >= 11 is 0. The van der Waals surface area contributed by atoms with Gasteiger partial charge in [0.15, 0.2) is 6.10 Å². The van der Waals surface area contributed by atoms with E-state index in [1.54, 1.807) is 0 Å². The van der Waals surface area contributed by atoms with Crippen molar-refractivity contribution in [3.05, 3.63) is 158 Å². The first-order valence-corrected chi connectivity index (χ1v) is 30.0. The van der Waals surface area contributed by atoms with Crippen molar-refractivity contribution >= 4 is 17.9 Å². The molecule has 1 unspecified atom stereocenters. The zero-order valence-corrected chi connectivity index (χ0v) is 48.0. The first-order chi connectivity index (χ1) is 37.0. The fourth-order valence-electron chi connectivity index (χ4n) is 7.60. The number of carbonyl (C=O) groups excluding carboxylic acids is 3. The molecule has 0 bridgehead atoms. The van der Waals surface area contributed by atoms with Crippen LogP contribution in [0, 0.1) is 0 Å². The molecule has 0 aromatic heterocycles. The highest BCUT2D eigenvalue weighted by Crippen LogP contribution is 2.14. The first kappa shape index (κ1) is 70.0. The van der Waals surface area contributed by atoms with Crippen LogP contribution >= 0.6 is 0 Å². The summed E-state index contributed by atoms with van der Waals surface area (Å²) in [5.41, 5.74) is 0. The van der Waals surface area contributed by atoms with Crippen molar-refractivity contribution in [3.63, 3.8) is 0 Å². The van der Waals surface area contributed by atoms with Gasteiger partial charge in [-0.25, -0.2) is 0 Å². The van der Waals surface area contributed by atoms with E-state index >= 15 is 0 Å². The van der Waals surface area contributed by atoms with E-state index in [1.807, 2.05) is 0 Å². The summed E-state index contributed by atoms with van der Waals surface area (Å²) in [5.74, 6) is -0.997. The summed E-state index contributed by atoms with van der Waals surface area (Å²) in [6, 6.07) is 0. The Morgan fingerprint density at radius 2 is 0.520 bits per heavy atom. The third-order valence-electron chi connectivity index (χ3n) is 12.0. The Labute approximate surface area is 460 Å². The van der Waals surface area contributed by atoms with Crippen molar-refractivity contribution in [3.8, 4) is 0 Å². The number of allylic oxidation sites excluding steroid dienone is 26. The lowest BCUT2D eigenvalue weighted by Crippen LogP contribution is -2.30. The predicted molar refractivity (Wildman–Crippen MR) is 325 cm³/mol. The smallest absolute Gasteiger partial charge is 0.306 e. The summed E-state index contributed by atoms with van der Waals surface area (Å²) in [6.45, 7) is 6.33. The number of hydrogen-bond acceptors (Lipinski definition) is 6. The van der Waals surface area contributed by atoms with Gasteiger partial charge in [-0.2, -0.15) is 0 Å². The van der Waals surface area contributed by atoms with Gasteiger partial charge < -0.3 is 14.2 Å². The first-order valence-electron chi connectivity index (χ1n) is 30.0. The summed E-state index contributed by atoms with van der Waals surface area (Å²) in [6.07, 6.45) is 89.5. The van der Waals surface area contributed by atoms with E-state index in [1.165, 1.54) is 51.4 Å². The third-order valence-corrected chi connectivity index (χ3v) is 12.0. The maximum absolute atomic E-state index is 12.9. The fraction of sp³-hybridized carbons (Fsp3) is 0.580. The number of hydrogen-bond donors (Lipinski definition) is 0. The van der Waals surface area contributed by atoms with Gasteiger partial charge in [0, 0.05) is 19.3 Å². The van der Waals surface area contributed by atoms with Gasteiger partial charge in [0.1, 0.15) is 13.2 Å². The molecule has 0 saturated heterocycles. The topological polar surface area (TPSA) is 78.9 Å². The minimum Gasteiger partial charge on any atom is -0.462 e. The van der Waals surface area contributed by atoms with Gasteiger partial charge in [-0.15, -0.1) is 0 Å². The SMILES string of the molecule is CC/C=C\C/C=C\C/C=C\C/C=C\C/C=C\C/C=C\C/C=C\CCCCCC(=O)OCC(COC(=O)CCCCCCCCCCCCC)OC(=O)CCCC/C=C\C/C=C\C/C=C\C/C=C\C/C=C\C/C=C\CC. The molecular weight excluding hydrogens is 925 g/mol. The van der Waals surface area contributed by atoms with E-state index < -0.39 is 6.10 Å². The molecule has 75 heavy (non-hydrogen) atoms. The summed E-state index contributed by atoms with van der Waals surface area (Å²) < 4.78 is 16.8. The number of rotatable bonds is 52. The molecule has 0 spiro atoms. The fourth-order valence-corrected chi connectivity index (χ4v) is 7.60.